The van der Waals surface area contributed by atoms with Crippen molar-refractivity contribution in [2.45, 2.75) is 51.7 Å². The van der Waals surface area contributed by atoms with E-state index in [-0.39, 0.29) is 12.2 Å². The SMILES string of the molecule is CC(=O)OC1CCCC[N+]12CCCCC2. The van der Waals surface area contributed by atoms with Gasteiger partial charge in [-0.05, 0) is 32.1 Å². The maximum Gasteiger partial charge on any atom is 0.307 e. The Morgan fingerprint density at radius 2 is 1.67 bits per heavy atom. The average molecular weight is 212 g/mol. The van der Waals surface area contributed by atoms with Gasteiger partial charge in [-0.25, -0.2) is 0 Å². The summed E-state index contributed by atoms with van der Waals surface area (Å²) in [5, 5.41) is 0. The van der Waals surface area contributed by atoms with Crippen LogP contribution in [0.1, 0.15) is 45.4 Å². The second-order valence-corrected chi connectivity index (χ2v) is 5.01. The molecule has 3 heteroatoms. The zero-order chi connectivity index (χ0) is 10.7. The number of rotatable bonds is 1. The predicted octanol–water partition coefficient (Wildman–Crippen LogP) is 2.06. The molecule has 2 fully saturated rings. The molecule has 0 aliphatic carbocycles. The van der Waals surface area contributed by atoms with Crippen molar-refractivity contribution in [3.8, 4) is 0 Å². The Hall–Kier alpha value is -0.570. The fraction of sp³-hybridized carbons (Fsp3) is 0.917. The van der Waals surface area contributed by atoms with Crippen molar-refractivity contribution in [2.75, 3.05) is 19.6 Å². The number of piperidine rings is 2. The molecule has 2 aliphatic heterocycles. The molecule has 0 aromatic heterocycles. The first-order valence-corrected chi connectivity index (χ1v) is 6.26. The molecule has 1 spiro atoms. The molecule has 86 valence electrons. The molecule has 15 heavy (non-hydrogen) atoms. The molecule has 3 nitrogen and oxygen atoms in total. The molecule has 1 unspecified atom stereocenters. The quantitative estimate of drug-likeness (QED) is 0.491. The highest BCUT2D eigenvalue weighted by Gasteiger charge is 2.42. The second-order valence-electron chi connectivity index (χ2n) is 5.01. The smallest absolute Gasteiger partial charge is 0.307 e. The van der Waals surface area contributed by atoms with Crippen LogP contribution in [-0.4, -0.2) is 36.3 Å². The number of esters is 1. The normalized spacial score (nSPS) is 30.1. The topological polar surface area (TPSA) is 26.3 Å². The molecule has 2 rings (SSSR count). The Morgan fingerprint density at radius 3 is 2.27 bits per heavy atom. The van der Waals surface area contributed by atoms with Crippen LogP contribution in [0.4, 0.5) is 0 Å². The van der Waals surface area contributed by atoms with Crippen LogP contribution in [0.15, 0.2) is 0 Å². The highest BCUT2D eigenvalue weighted by Crippen LogP contribution is 2.31. The number of carbonyl (C=O) groups excluding carboxylic acids is 1. The Kier molecular flexibility index (Phi) is 3.29. The number of ether oxygens (including phenoxy) is 1. The highest BCUT2D eigenvalue weighted by atomic mass is 16.6. The molecule has 2 heterocycles. The van der Waals surface area contributed by atoms with Crippen LogP contribution in [0.5, 0.6) is 0 Å². The second kappa shape index (κ2) is 4.52. The van der Waals surface area contributed by atoms with Crippen molar-refractivity contribution < 1.29 is 14.0 Å². The summed E-state index contributed by atoms with van der Waals surface area (Å²) in [5.74, 6) is -0.107. The predicted molar refractivity (Wildman–Crippen MR) is 58.1 cm³/mol. The molecule has 1 atom stereocenters. The lowest BCUT2D eigenvalue weighted by molar-refractivity contribution is -0.977. The first-order chi connectivity index (χ1) is 7.23. The number of hydrogen-bond donors (Lipinski definition) is 0. The maximum absolute atomic E-state index is 11.1. The molecule has 0 radical (unpaired) electrons. The largest absolute Gasteiger partial charge is 0.413 e. The van der Waals surface area contributed by atoms with E-state index in [1.54, 1.807) is 0 Å². The summed E-state index contributed by atoms with van der Waals surface area (Å²) in [4.78, 5) is 11.1. The van der Waals surface area contributed by atoms with Gasteiger partial charge in [-0.3, -0.25) is 9.28 Å². The van der Waals surface area contributed by atoms with Crippen molar-refractivity contribution in [1.29, 1.82) is 0 Å². The summed E-state index contributed by atoms with van der Waals surface area (Å²) < 4.78 is 6.59. The molecular formula is C12H22NO2+. The minimum atomic E-state index is -0.107. The Balaban J connectivity index is 2.06. The van der Waals surface area contributed by atoms with E-state index in [0.29, 0.717) is 0 Å². The number of nitrogens with zero attached hydrogens (tertiary/aromatic N) is 1. The zero-order valence-corrected chi connectivity index (χ0v) is 9.71. The Bertz CT molecular complexity index is 226. The van der Waals surface area contributed by atoms with Gasteiger partial charge < -0.3 is 4.74 Å². The van der Waals surface area contributed by atoms with E-state index in [1.807, 2.05) is 0 Å². The average Bonchev–Trinajstić information content (AvgIpc) is 2.23. The summed E-state index contributed by atoms with van der Waals surface area (Å²) in [6.07, 6.45) is 7.72. The van der Waals surface area contributed by atoms with Crippen LogP contribution in [0, 0.1) is 0 Å². The lowest BCUT2D eigenvalue weighted by Gasteiger charge is -2.48. The lowest BCUT2D eigenvalue weighted by atomic mass is 9.99. The molecular weight excluding hydrogens is 190 g/mol. The fourth-order valence-electron chi connectivity index (χ4n) is 3.18. The van der Waals surface area contributed by atoms with Gasteiger partial charge in [0.1, 0.15) is 0 Å². The molecule has 0 N–H and O–H groups in total. The van der Waals surface area contributed by atoms with Crippen molar-refractivity contribution in [3.63, 3.8) is 0 Å². The van der Waals surface area contributed by atoms with E-state index in [9.17, 15) is 4.79 Å². The first kappa shape index (κ1) is 10.9. The van der Waals surface area contributed by atoms with Crippen molar-refractivity contribution >= 4 is 5.97 Å². The van der Waals surface area contributed by atoms with Gasteiger partial charge in [-0.2, -0.15) is 0 Å². The molecule has 0 aromatic rings. The van der Waals surface area contributed by atoms with E-state index in [0.717, 1.165) is 10.9 Å². The third-order valence-corrected chi connectivity index (χ3v) is 3.92. The van der Waals surface area contributed by atoms with Gasteiger partial charge in [0, 0.05) is 13.3 Å². The van der Waals surface area contributed by atoms with Gasteiger partial charge in [0.2, 0.25) is 6.23 Å². The van der Waals surface area contributed by atoms with Crippen molar-refractivity contribution in [3.05, 3.63) is 0 Å². The van der Waals surface area contributed by atoms with Crippen LogP contribution in [0.25, 0.3) is 0 Å². The summed E-state index contributed by atoms with van der Waals surface area (Å²) in [6.45, 7) is 5.20. The molecule has 0 amide bonds. The monoisotopic (exact) mass is 212 g/mol. The van der Waals surface area contributed by atoms with Crippen LogP contribution >= 0.6 is 0 Å². The van der Waals surface area contributed by atoms with Gasteiger partial charge >= 0.3 is 5.97 Å². The minimum Gasteiger partial charge on any atom is -0.413 e. The van der Waals surface area contributed by atoms with Crippen molar-refractivity contribution in [1.82, 2.24) is 0 Å². The third kappa shape index (κ3) is 2.33. The number of carbonyl (C=O) groups is 1. The van der Waals surface area contributed by atoms with Crippen LogP contribution in [-0.2, 0) is 9.53 Å². The fourth-order valence-corrected chi connectivity index (χ4v) is 3.18. The van der Waals surface area contributed by atoms with E-state index >= 15 is 0 Å². The summed E-state index contributed by atoms with van der Waals surface area (Å²) in [5.41, 5.74) is 0. The first-order valence-electron chi connectivity index (χ1n) is 6.26. The summed E-state index contributed by atoms with van der Waals surface area (Å²) >= 11 is 0. The number of quaternary nitrogens is 1. The summed E-state index contributed by atoms with van der Waals surface area (Å²) in [6, 6.07) is 0. The van der Waals surface area contributed by atoms with Crippen LogP contribution in [0.2, 0.25) is 0 Å². The Morgan fingerprint density at radius 1 is 1.07 bits per heavy atom. The van der Waals surface area contributed by atoms with Crippen molar-refractivity contribution in [2.24, 2.45) is 0 Å². The zero-order valence-electron chi connectivity index (χ0n) is 9.71. The van der Waals surface area contributed by atoms with Gasteiger partial charge in [-0.1, -0.05) is 0 Å². The minimum absolute atomic E-state index is 0.107. The Labute approximate surface area is 92.0 Å². The maximum atomic E-state index is 11.1. The third-order valence-electron chi connectivity index (χ3n) is 3.92. The number of hydrogen-bond acceptors (Lipinski definition) is 2. The highest BCUT2D eigenvalue weighted by molar-refractivity contribution is 5.66. The van der Waals surface area contributed by atoms with E-state index in [1.165, 1.54) is 58.7 Å². The van der Waals surface area contributed by atoms with E-state index < -0.39 is 0 Å². The van der Waals surface area contributed by atoms with Crippen LogP contribution in [0.3, 0.4) is 0 Å². The van der Waals surface area contributed by atoms with Gasteiger partial charge in [-0.15, -0.1) is 0 Å². The van der Waals surface area contributed by atoms with E-state index in [2.05, 4.69) is 0 Å². The molecule has 0 bridgehead atoms. The molecule has 0 saturated carbocycles. The van der Waals surface area contributed by atoms with Gasteiger partial charge in [0.05, 0.1) is 19.6 Å². The van der Waals surface area contributed by atoms with Gasteiger partial charge in [0.25, 0.3) is 0 Å². The lowest BCUT2D eigenvalue weighted by Crippen LogP contribution is -2.61. The standard InChI is InChI=1S/C12H22NO2/c1-11(14)15-12-7-3-6-10-13(12)8-4-2-5-9-13/h12H,2-10H2,1H3/q+1. The van der Waals surface area contributed by atoms with Gasteiger partial charge in [0.15, 0.2) is 0 Å². The molecule has 0 aromatic carbocycles. The molecule has 2 aliphatic rings. The van der Waals surface area contributed by atoms with Crippen LogP contribution < -0.4 is 0 Å². The molecule has 2 saturated heterocycles. The summed E-state index contributed by atoms with van der Waals surface area (Å²) in [7, 11) is 0. The van der Waals surface area contributed by atoms with E-state index in [4.69, 9.17) is 4.74 Å².